The standard InChI is InChI=1S/C19H13NO/c1-2-7-16(8-3-1)21-19-18-15(12-13-20-19)11-10-14-6-4-5-9-17(14)18/h1-13H. The minimum Gasteiger partial charge on any atom is -0.438 e. The van der Waals surface area contributed by atoms with Gasteiger partial charge in [0.1, 0.15) is 5.75 Å². The van der Waals surface area contributed by atoms with Crippen LogP contribution in [0.4, 0.5) is 0 Å². The maximum absolute atomic E-state index is 5.99. The molecule has 0 aliphatic rings. The van der Waals surface area contributed by atoms with Crippen molar-refractivity contribution >= 4 is 21.5 Å². The van der Waals surface area contributed by atoms with Gasteiger partial charge in [0.2, 0.25) is 5.88 Å². The topological polar surface area (TPSA) is 22.1 Å². The first kappa shape index (κ1) is 11.9. The van der Waals surface area contributed by atoms with Crippen molar-refractivity contribution in [3.63, 3.8) is 0 Å². The van der Waals surface area contributed by atoms with Crippen molar-refractivity contribution < 1.29 is 4.74 Å². The van der Waals surface area contributed by atoms with E-state index in [2.05, 4.69) is 29.2 Å². The molecular weight excluding hydrogens is 258 g/mol. The Morgan fingerprint density at radius 3 is 2.33 bits per heavy atom. The number of aromatic nitrogens is 1. The van der Waals surface area contributed by atoms with Gasteiger partial charge in [-0.05, 0) is 34.4 Å². The van der Waals surface area contributed by atoms with E-state index in [9.17, 15) is 0 Å². The van der Waals surface area contributed by atoms with Crippen LogP contribution < -0.4 is 4.74 Å². The minimum atomic E-state index is 0.649. The molecular formula is C19H13NO. The van der Waals surface area contributed by atoms with E-state index in [1.807, 2.05) is 48.5 Å². The summed E-state index contributed by atoms with van der Waals surface area (Å²) in [6.07, 6.45) is 1.79. The summed E-state index contributed by atoms with van der Waals surface area (Å²) in [4.78, 5) is 4.43. The van der Waals surface area contributed by atoms with Gasteiger partial charge in [-0.1, -0.05) is 54.6 Å². The van der Waals surface area contributed by atoms with Crippen LogP contribution in [0.2, 0.25) is 0 Å². The van der Waals surface area contributed by atoms with E-state index in [4.69, 9.17) is 4.74 Å². The minimum absolute atomic E-state index is 0.649. The third kappa shape index (κ3) is 2.11. The fraction of sp³-hybridized carbons (Fsp3) is 0. The number of ether oxygens (including phenoxy) is 1. The Balaban J connectivity index is 1.98. The quantitative estimate of drug-likeness (QED) is 0.469. The number of pyridine rings is 1. The van der Waals surface area contributed by atoms with Gasteiger partial charge in [-0.2, -0.15) is 0 Å². The van der Waals surface area contributed by atoms with Crippen LogP contribution in [-0.2, 0) is 0 Å². The summed E-state index contributed by atoms with van der Waals surface area (Å²) in [5, 5.41) is 4.54. The average molecular weight is 271 g/mol. The molecule has 1 aromatic heterocycles. The van der Waals surface area contributed by atoms with Gasteiger partial charge in [-0.3, -0.25) is 0 Å². The Morgan fingerprint density at radius 2 is 1.43 bits per heavy atom. The molecule has 0 aliphatic carbocycles. The van der Waals surface area contributed by atoms with Crippen LogP contribution in [0.5, 0.6) is 11.6 Å². The van der Waals surface area contributed by atoms with Gasteiger partial charge in [-0.15, -0.1) is 0 Å². The lowest BCUT2D eigenvalue weighted by Gasteiger charge is -2.10. The van der Waals surface area contributed by atoms with Gasteiger partial charge in [-0.25, -0.2) is 4.98 Å². The average Bonchev–Trinajstić information content (AvgIpc) is 2.56. The molecule has 0 atom stereocenters. The van der Waals surface area contributed by atoms with Crippen molar-refractivity contribution in [2.75, 3.05) is 0 Å². The fourth-order valence-electron chi connectivity index (χ4n) is 2.59. The highest BCUT2D eigenvalue weighted by molar-refractivity contribution is 6.09. The lowest BCUT2D eigenvalue weighted by atomic mass is 10.0. The number of para-hydroxylation sites is 1. The van der Waals surface area contributed by atoms with Gasteiger partial charge in [0, 0.05) is 6.20 Å². The van der Waals surface area contributed by atoms with Crippen molar-refractivity contribution in [3.05, 3.63) is 79.0 Å². The molecule has 1 heterocycles. The Hall–Kier alpha value is -2.87. The molecule has 21 heavy (non-hydrogen) atoms. The van der Waals surface area contributed by atoms with Crippen LogP contribution in [0.3, 0.4) is 0 Å². The number of benzene rings is 3. The second kappa shape index (κ2) is 4.91. The Bertz CT molecular complexity index is 916. The predicted molar refractivity (Wildman–Crippen MR) is 85.8 cm³/mol. The Morgan fingerprint density at radius 1 is 0.667 bits per heavy atom. The summed E-state index contributed by atoms with van der Waals surface area (Å²) in [5.41, 5.74) is 0. The van der Waals surface area contributed by atoms with Crippen molar-refractivity contribution in [1.29, 1.82) is 0 Å². The summed E-state index contributed by atoms with van der Waals surface area (Å²) in [7, 11) is 0. The second-order valence-electron chi connectivity index (χ2n) is 4.92. The van der Waals surface area contributed by atoms with E-state index in [0.717, 1.165) is 21.9 Å². The normalized spacial score (nSPS) is 10.9. The second-order valence-corrected chi connectivity index (χ2v) is 4.92. The van der Waals surface area contributed by atoms with Crippen LogP contribution in [0.15, 0.2) is 79.0 Å². The van der Waals surface area contributed by atoms with E-state index in [1.165, 1.54) is 5.39 Å². The first-order chi connectivity index (χ1) is 10.4. The summed E-state index contributed by atoms with van der Waals surface area (Å²) in [6.45, 7) is 0. The lowest BCUT2D eigenvalue weighted by Crippen LogP contribution is -1.90. The van der Waals surface area contributed by atoms with E-state index in [0.29, 0.717) is 5.88 Å². The van der Waals surface area contributed by atoms with E-state index < -0.39 is 0 Å². The molecule has 0 radical (unpaired) electrons. The zero-order valence-corrected chi connectivity index (χ0v) is 11.4. The number of hydrogen-bond donors (Lipinski definition) is 0. The van der Waals surface area contributed by atoms with Gasteiger partial charge in [0.15, 0.2) is 0 Å². The SMILES string of the molecule is c1ccc(Oc2nccc3ccc4ccccc4c23)cc1. The van der Waals surface area contributed by atoms with Crippen molar-refractivity contribution in [1.82, 2.24) is 4.98 Å². The largest absolute Gasteiger partial charge is 0.438 e. The molecule has 0 saturated carbocycles. The van der Waals surface area contributed by atoms with E-state index in [-0.39, 0.29) is 0 Å². The molecule has 0 bridgehead atoms. The first-order valence-corrected chi connectivity index (χ1v) is 6.91. The lowest BCUT2D eigenvalue weighted by molar-refractivity contribution is 0.469. The van der Waals surface area contributed by atoms with Crippen LogP contribution in [-0.4, -0.2) is 4.98 Å². The molecule has 4 aromatic rings. The number of hydrogen-bond acceptors (Lipinski definition) is 2. The highest BCUT2D eigenvalue weighted by atomic mass is 16.5. The highest BCUT2D eigenvalue weighted by Gasteiger charge is 2.08. The fourth-order valence-corrected chi connectivity index (χ4v) is 2.59. The monoisotopic (exact) mass is 271 g/mol. The van der Waals surface area contributed by atoms with E-state index in [1.54, 1.807) is 6.20 Å². The predicted octanol–water partition coefficient (Wildman–Crippen LogP) is 5.18. The zero-order valence-electron chi connectivity index (χ0n) is 11.4. The maximum atomic E-state index is 5.99. The Labute approximate surface area is 122 Å². The maximum Gasteiger partial charge on any atom is 0.227 e. The summed E-state index contributed by atoms with van der Waals surface area (Å²) in [5.74, 6) is 1.45. The summed E-state index contributed by atoms with van der Waals surface area (Å²) >= 11 is 0. The molecule has 0 spiro atoms. The van der Waals surface area contributed by atoms with Gasteiger partial charge in [0.25, 0.3) is 0 Å². The molecule has 4 rings (SSSR count). The van der Waals surface area contributed by atoms with Gasteiger partial charge in [0.05, 0.1) is 5.39 Å². The van der Waals surface area contributed by atoms with Crippen molar-refractivity contribution in [2.24, 2.45) is 0 Å². The van der Waals surface area contributed by atoms with Gasteiger partial charge >= 0.3 is 0 Å². The van der Waals surface area contributed by atoms with Crippen LogP contribution in [0.1, 0.15) is 0 Å². The Kier molecular flexibility index (Phi) is 2.79. The van der Waals surface area contributed by atoms with Gasteiger partial charge < -0.3 is 4.74 Å². The molecule has 3 aromatic carbocycles. The summed E-state index contributed by atoms with van der Waals surface area (Å²) < 4.78 is 5.99. The van der Waals surface area contributed by atoms with Crippen LogP contribution >= 0.6 is 0 Å². The third-order valence-electron chi connectivity index (χ3n) is 3.58. The third-order valence-corrected chi connectivity index (χ3v) is 3.58. The molecule has 0 N–H and O–H groups in total. The number of nitrogens with zero attached hydrogens (tertiary/aromatic N) is 1. The molecule has 0 saturated heterocycles. The molecule has 0 amide bonds. The van der Waals surface area contributed by atoms with Crippen LogP contribution in [0.25, 0.3) is 21.5 Å². The number of fused-ring (bicyclic) bond motifs is 3. The van der Waals surface area contributed by atoms with Crippen molar-refractivity contribution in [2.45, 2.75) is 0 Å². The summed E-state index contributed by atoms with van der Waals surface area (Å²) in [6, 6.07) is 24.3. The van der Waals surface area contributed by atoms with E-state index >= 15 is 0 Å². The molecule has 0 unspecified atom stereocenters. The zero-order chi connectivity index (χ0) is 14.1. The molecule has 2 nitrogen and oxygen atoms in total. The molecule has 2 heteroatoms. The smallest absolute Gasteiger partial charge is 0.227 e. The van der Waals surface area contributed by atoms with Crippen molar-refractivity contribution in [3.8, 4) is 11.6 Å². The van der Waals surface area contributed by atoms with Crippen LogP contribution in [0, 0.1) is 0 Å². The molecule has 100 valence electrons. The number of rotatable bonds is 2. The molecule has 0 fully saturated rings. The highest BCUT2D eigenvalue weighted by Crippen LogP contribution is 2.33. The molecule has 0 aliphatic heterocycles. The first-order valence-electron chi connectivity index (χ1n) is 6.91.